The quantitative estimate of drug-likeness (QED) is 0.599. The van der Waals surface area contributed by atoms with E-state index in [0.29, 0.717) is 5.82 Å². The summed E-state index contributed by atoms with van der Waals surface area (Å²) >= 11 is 1.44. The van der Waals surface area contributed by atoms with Crippen molar-refractivity contribution in [1.82, 2.24) is 15.0 Å². The Labute approximate surface area is 130 Å². The maximum absolute atomic E-state index is 10.8. The molecule has 0 radical (unpaired) electrons. The summed E-state index contributed by atoms with van der Waals surface area (Å²) in [4.78, 5) is 23.4. The summed E-state index contributed by atoms with van der Waals surface area (Å²) in [5.41, 5.74) is 5.53. The van der Waals surface area contributed by atoms with Crippen molar-refractivity contribution in [1.29, 1.82) is 0 Å². The van der Waals surface area contributed by atoms with Crippen LogP contribution in [0.15, 0.2) is 17.5 Å². The van der Waals surface area contributed by atoms with E-state index in [1.54, 1.807) is 0 Å². The Morgan fingerprint density at radius 2 is 2.17 bits per heavy atom. The van der Waals surface area contributed by atoms with E-state index in [9.17, 15) is 9.90 Å². The summed E-state index contributed by atoms with van der Waals surface area (Å²) in [5, 5.41) is 12.6. The number of carboxylic acid groups (broad SMARTS) is 1. The third-order valence-electron chi connectivity index (χ3n) is 2.15. The van der Waals surface area contributed by atoms with E-state index in [-0.39, 0.29) is 41.3 Å². The Morgan fingerprint density at radius 1 is 1.44 bits per heavy atom. The van der Waals surface area contributed by atoms with Gasteiger partial charge in [-0.25, -0.2) is 4.98 Å². The minimum absolute atomic E-state index is 0. The van der Waals surface area contributed by atoms with Crippen LogP contribution in [0.3, 0.4) is 0 Å². The van der Waals surface area contributed by atoms with Gasteiger partial charge in [0.05, 0.1) is 16.8 Å². The van der Waals surface area contributed by atoms with Gasteiger partial charge in [0.15, 0.2) is 5.82 Å². The summed E-state index contributed by atoms with van der Waals surface area (Å²) in [6.07, 6.45) is 0. The molecule has 1 atom stereocenters. The largest absolute Gasteiger partial charge is 1.00 e. The number of thiophene rings is 1. The molecule has 0 aliphatic heterocycles. The smallest absolute Gasteiger partial charge is 0.549 e. The van der Waals surface area contributed by atoms with Gasteiger partial charge in [0.2, 0.25) is 5.95 Å². The van der Waals surface area contributed by atoms with Crippen molar-refractivity contribution in [2.45, 2.75) is 12.8 Å². The number of hydrogen-bond donors (Lipinski definition) is 1. The molecule has 0 bridgehead atoms. The van der Waals surface area contributed by atoms with Crippen LogP contribution in [0.25, 0.3) is 10.7 Å². The van der Waals surface area contributed by atoms with E-state index in [1.807, 2.05) is 17.5 Å². The molecule has 2 aromatic rings. The van der Waals surface area contributed by atoms with Crippen molar-refractivity contribution in [3.05, 3.63) is 23.3 Å². The van der Waals surface area contributed by atoms with Gasteiger partial charge in [-0.05, 0) is 18.4 Å². The third kappa shape index (κ3) is 3.26. The number of nitrogen functional groups attached to an aromatic ring is 1. The second kappa shape index (κ2) is 6.24. The molecule has 0 fully saturated rings. The van der Waals surface area contributed by atoms with Crippen LogP contribution in [0, 0.1) is 0 Å². The zero-order valence-electron chi connectivity index (χ0n) is 9.95. The molecule has 2 heterocycles. The van der Waals surface area contributed by atoms with E-state index < -0.39 is 11.9 Å². The fourth-order valence-corrected chi connectivity index (χ4v) is 1.88. The van der Waals surface area contributed by atoms with Gasteiger partial charge >= 0.3 is 29.6 Å². The molecular weight excluding hydrogens is 263 g/mol. The van der Waals surface area contributed by atoms with Gasteiger partial charge in [0, 0.05) is 0 Å². The van der Waals surface area contributed by atoms with Crippen molar-refractivity contribution in [3.63, 3.8) is 0 Å². The molecule has 18 heavy (non-hydrogen) atoms. The van der Waals surface area contributed by atoms with Gasteiger partial charge in [0.1, 0.15) is 5.82 Å². The second-order valence-corrected chi connectivity index (χ2v) is 4.34. The summed E-state index contributed by atoms with van der Waals surface area (Å²) in [6, 6.07) is 3.68. The molecule has 0 aliphatic carbocycles. The molecule has 0 aromatic carbocycles. The second-order valence-electron chi connectivity index (χ2n) is 3.39. The molecule has 2 rings (SSSR count). The Morgan fingerprint density at radius 3 is 2.72 bits per heavy atom. The topological polar surface area (TPSA) is 105 Å². The Balaban J connectivity index is 0.00000162. The fraction of sp³-hybridized carbons (Fsp3) is 0.200. The molecule has 0 aliphatic rings. The van der Waals surface area contributed by atoms with E-state index in [4.69, 9.17) is 5.73 Å². The first kappa shape index (κ1) is 15.0. The molecule has 6 nitrogen and oxygen atoms in total. The number of carboxylic acids is 1. The van der Waals surface area contributed by atoms with Crippen molar-refractivity contribution < 1.29 is 39.5 Å². The van der Waals surface area contributed by atoms with E-state index in [1.165, 1.54) is 18.3 Å². The van der Waals surface area contributed by atoms with Crippen LogP contribution < -0.4 is 40.4 Å². The average molecular weight is 272 g/mol. The number of anilines is 1. The Bertz CT molecular complexity index is 547. The number of aromatic nitrogens is 3. The molecule has 88 valence electrons. The Hall–Kier alpha value is -1.02. The minimum Gasteiger partial charge on any atom is -0.549 e. The molecule has 8 heteroatoms. The molecule has 1 unspecified atom stereocenters. The molecular formula is C10H9N4NaO2S. The van der Waals surface area contributed by atoms with E-state index in [2.05, 4.69) is 15.0 Å². The summed E-state index contributed by atoms with van der Waals surface area (Å²) in [7, 11) is 0. The van der Waals surface area contributed by atoms with Gasteiger partial charge in [-0.15, -0.1) is 11.3 Å². The summed E-state index contributed by atoms with van der Waals surface area (Å²) < 4.78 is 0. The van der Waals surface area contributed by atoms with Crippen LogP contribution in [0.5, 0.6) is 0 Å². The molecule has 0 saturated heterocycles. The number of aliphatic carboxylic acids is 1. The first-order valence-electron chi connectivity index (χ1n) is 4.84. The van der Waals surface area contributed by atoms with Crippen LogP contribution in [-0.4, -0.2) is 20.9 Å². The third-order valence-corrected chi connectivity index (χ3v) is 3.02. The Kier molecular flexibility index (Phi) is 5.21. The average Bonchev–Trinajstić information content (AvgIpc) is 2.80. The number of nitrogens with zero attached hydrogens (tertiary/aromatic N) is 3. The van der Waals surface area contributed by atoms with E-state index >= 15 is 0 Å². The standard InChI is InChI=1S/C10H10N4O2S.Na/c1-5(9(15)16)7-12-8(14-10(11)13-7)6-3-2-4-17-6;/h2-5H,1H3,(H,15,16)(H2,11,12,13,14);/q;+1/p-1. The molecule has 2 aromatic heterocycles. The summed E-state index contributed by atoms with van der Waals surface area (Å²) in [5.74, 6) is -1.66. The maximum Gasteiger partial charge on any atom is 1.00 e. The normalized spacial score (nSPS) is 11.6. The zero-order valence-corrected chi connectivity index (χ0v) is 12.8. The summed E-state index contributed by atoms with van der Waals surface area (Å²) in [6.45, 7) is 1.45. The fourth-order valence-electron chi connectivity index (χ4n) is 1.22. The van der Waals surface area contributed by atoms with Gasteiger partial charge in [-0.1, -0.05) is 6.07 Å². The van der Waals surface area contributed by atoms with Crippen LogP contribution in [0.4, 0.5) is 5.95 Å². The van der Waals surface area contributed by atoms with Gasteiger partial charge in [0.25, 0.3) is 0 Å². The van der Waals surface area contributed by atoms with Gasteiger partial charge in [-0.3, -0.25) is 0 Å². The predicted octanol–water partition coefficient (Wildman–Crippen LogP) is -2.96. The van der Waals surface area contributed by atoms with Crippen molar-refractivity contribution in [2.24, 2.45) is 0 Å². The number of rotatable bonds is 3. The number of carbonyl (C=O) groups is 1. The molecule has 0 saturated carbocycles. The molecule has 0 amide bonds. The minimum atomic E-state index is -1.24. The first-order chi connectivity index (χ1) is 8.08. The first-order valence-corrected chi connectivity index (χ1v) is 5.72. The zero-order chi connectivity index (χ0) is 12.4. The molecule has 0 spiro atoms. The molecule has 2 N–H and O–H groups in total. The number of nitrogens with two attached hydrogens (primary N) is 1. The SMILES string of the molecule is CC(C(=O)[O-])c1nc(N)nc(-c2cccs2)n1.[Na+]. The van der Waals surface area contributed by atoms with Crippen molar-refractivity contribution in [2.75, 3.05) is 5.73 Å². The van der Waals surface area contributed by atoms with Crippen LogP contribution >= 0.6 is 11.3 Å². The van der Waals surface area contributed by atoms with Gasteiger partial charge < -0.3 is 15.6 Å². The van der Waals surface area contributed by atoms with Crippen molar-refractivity contribution >= 4 is 23.3 Å². The van der Waals surface area contributed by atoms with Crippen LogP contribution in [0.2, 0.25) is 0 Å². The maximum atomic E-state index is 10.8. The monoisotopic (exact) mass is 272 g/mol. The van der Waals surface area contributed by atoms with Crippen LogP contribution in [0.1, 0.15) is 18.7 Å². The predicted molar refractivity (Wildman–Crippen MR) is 61.0 cm³/mol. The number of hydrogen-bond acceptors (Lipinski definition) is 7. The van der Waals surface area contributed by atoms with E-state index in [0.717, 1.165) is 4.88 Å². The number of carbonyl (C=O) groups excluding carboxylic acids is 1. The van der Waals surface area contributed by atoms with Gasteiger partial charge in [-0.2, -0.15) is 9.97 Å². The van der Waals surface area contributed by atoms with Crippen molar-refractivity contribution in [3.8, 4) is 10.7 Å². The van der Waals surface area contributed by atoms with Crippen LogP contribution in [-0.2, 0) is 4.79 Å².